The van der Waals surface area contributed by atoms with Crippen LogP contribution in [0, 0.1) is 5.82 Å². The average Bonchev–Trinajstić information content (AvgIpc) is 2.91. The highest BCUT2D eigenvalue weighted by atomic mass is 19.1. The summed E-state index contributed by atoms with van der Waals surface area (Å²) in [5, 5.41) is 3.92. The first kappa shape index (κ1) is 13.3. The molecule has 0 spiro atoms. The van der Waals surface area contributed by atoms with Gasteiger partial charge >= 0.3 is 0 Å². The molecule has 106 valence electrons. The van der Waals surface area contributed by atoms with Crippen molar-refractivity contribution in [2.45, 2.75) is 6.42 Å². The number of rotatable bonds is 4. The van der Waals surface area contributed by atoms with Crippen LogP contribution in [0.15, 0.2) is 48.9 Å². The third kappa shape index (κ3) is 2.91. The lowest BCUT2D eigenvalue weighted by Crippen LogP contribution is -2.25. The molecule has 0 saturated heterocycles. The number of hydrogen-bond acceptors (Lipinski definition) is 2. The molecule has 0 aliphatic carbocycles. The van der Waals surface area contributed by atoms with Crippen LogP contribution in [0.1, 0.15) is 15.9 Å². The summed E-state index contributed by atoms with van der Waals surface area (Å²) in [5.74, 6) is -0.832. The first-order chi connectivity index (χ1) is 10.2. The van der Waals surface area contributed by atoms with Crippen molar-refractivity contribution >= 4 is 16.8 Å². The van der Waals surface area contributed by atoms with Gasteiger partial charge in [-0.25, -0.2) is 4.39 Å². The molecule has 0 fully saturated rings. The highest BCUT2D eigenvalue weighted by Gasteiger charge is 2.07. The number of para-hydroxylation sites is 1. The molecule has 0 atom stereocenters. The fourth-order valence-corrected chi connectivity index (χ4v) is 2.29. The summed E-state index contributed by atoms with van der Waals surface area (Å²) in [4.78, 5) is 18.7. The van der Waals surface area contributed by atoms with Crippen LogP contribution in [0.3, 0.4) is 0 Å². The molecule has 2 aromatic heterocycles. The lowest BCUT2D eigenvalue weighted by atomic mass is 10.1. The number of hydrogen-bond donors (Lipinski definition) is 2. The van der Waals surface area contributed by atoms with Gasteiger partial charge in [0.15, 0.2) is 0 Å². The molecule has 3 rings (SSSR count). The van der Waals surface area contributed by atoms with E-state index in [1.165, 1.54) is 12.3 Å². The largest absolute Gasteiger partial charge is 0.361 e. The number of H-pyrrole nitrogens is 1. The predicted octanol–water partition coefficient (Wildman–Crippen LogP) is 2.67. The molecule has 2 N–H and O–H groups in total. The molecule has 0 unspecified atom stereocenters. The minimum atomic E-state index is -0.515. The third-order valence-corrected chi connectivity index (χ3v) is 3.32. The summed E-state index contributed by atoms with van der Waals surface area (Å²) >= 11 is 0. The van der Waals surface area contributed by atoms with Crippen LogP contribution in [0.4, 0.5) is 4.39 Å². The summed E-state index contributed by atoms with van der Waals surface area (Å²) < 4.78 is 13.0. The van der Waals surface area contributed by atoms with E-state index in [1.807, 2.05) is 30.5 Å². The number of aromatic nitrogens is 2. The van der Waals surface area contributed by atoms with Gasteiger partial charge in [0.2, 0.25) is 0 Å². The predicted molar refractivity (Wildman–Crippen MR) is 78.5 cm³/mol. The number of carbonyl (C=O) groups excluding carboxylic acids is 1. The van der Waals surface area contributed by atoms with E-state index in [2.05, 4.69) is 15.3 Å². The number of aromatic amines is 1. The van der Waals surface area contributed by atoms with E-state index in [0.717, 1.165) is 22.7 Å². The van der Waals surface area contributed by atoms with Crippen LogP contribution in [0.5, 0.6) is 0 Å². The van der Waals surface area contributed by atoms with E-state index in [0.29, 0.717) is 13.0 Å². The maximum atomic E-state index is 13.0. The summed E-state index contributed by atoms with van der Waals surface area (Å²) in [7, 11) is 0. The molecule has 0 aliphatic heterocycles. The molecular weight excluding hydrogens is 269 g/mol. The topological polar surface area (TPSA) is 57.8 Å². The van der Waals surface area contributed by atoms with Crippen molar-refractivity contribution in [3.63, 3.8) is 0 Å². The number of carbonyl (C=O) groups is 1. The smallest absolute Gasteiger partial charge is 0.252 e. The number of pyridine rings is 1. The summed E-state index contributed by atoms with van der Waals surface area (Å²) in [6.07, 6.45) is 5.08. The van der Waals surface area contributed by atoms with Gasteiger partial charge in [-0.15, -0.1) is 0 Å². The highest BCUT2D eigenvalue weighted by molar-refractivity contribution is 5.93. The van der Waals surface area contributed by atoms with E-state index in [4.69, 9.17) is 0 Å². The Kier molecular flexibility index (Phi) is 3.64. The van der Waals surface area contributed by atoms with Crippen molar-refractivity contribution in [3.05, 3.63) is 65.9 Å². The average molecular weight is 283 g/mol. The minimum Gasteiger partial charge on any atom is -0.361 e. The second kappa shape index (κ2) is 5.75. The molecule has 0 aliphatic rings. The highest BCUT2D eigenvalue weighted by Crippen LogP contribution is 2.17. The molecule has 1 amide bonds. The molecule has 5 heteroatoms. The maximum Gasteiger partial charge on any atom is 0.252 e. The number of halogens is 1. The molecule has 0 radical (unpaired) electrons. The number of nitrogens with zero attached hydrogens (tertiary/aromatic N) is 1. The molecule has 4 nitrogen and oxygen atoms in total. The van der Waals surface area contributed by atoms with Gasteiger partial charge < -0.3 is 10.3 Å². The van der Waals surface area contributed by atoms with Gasteiger partial charge in [-0.1, -0.05) is 18.2 Å². The second-order valence-corrected chi connectivity index (χ2v) is 4.76. The summed E-state index contributed by atoms with van der Waals surface area (Å²) in [6.45, 7) is 0.483. The fourth-order valence-electron chi connectivity index (χ4n) is 2.29. The van der Waals surface area contributed by atoms with Crippen LogP contribution >= 0.6 is 0 Å². The van der Waals surface area contributed by atoms with Gasteiger partial charge in [0.25, 0.3) is 5.91 Å². The van der Waals surface area contributed by atoms with Crippen molar-refractivity contribution in [1.29, 1.82) is 0 Å². The van der Waals surface area contributed by atoms with E-state index in [1.54, 1.807) is 0 Å². The van der Waals surface area contributed by atoms with Crippen molar-refractivity contribution in [2.75, 3.05) is 6.54 Å². The van der Waals surface area contributed by atoms with Gasteiger partial charge in [0.05, 0.1) is 11.8 Å². The van der Waals surface area contributed by atoms with Gasteiger partial charge in [-0.3, -0.25) is 9.78 Å². The van der Waals surface area contributed by atoms with Crippen LogP contribution in [-0.2, 0) is 6.42 Å². The lowest BCUT2D eigenvalue weighted by molar-refractivity contribution is 0.0953. The van der Waals surface area contributed by atoms with Gasteiger partial charge in [-0.05, 0) is 24.1 Å². The quantitative estimate of drug-likeness (QED) is 0.773. The second-order valence-electron chi connectivity index (χ2n) is 4.76. The zero-order valence-electron chi connectivity index (χ0n) is 11.3. The van der Waals surface area contributed by atoms with Crippen molar-refractivity contribution in [2.24, 2.45) is 0 Å². The molecular formula is C16H14FN3O. The first-order valence-corrected chi connectivity index (χ1v) is 6.68. The molecule has 21 heavy (non-hydrogen) atoms. The Morgan fingerprint density at radius 2 is 2.14 bits per heavy atom. The summed E-state index contributed by atoms with van der Waals surface area (Å²) in [6, 6.07) is 9.18. The molecule has 0 bridgehead atoms. The number of amides is 1. The van der Waals surface area contributed by atoms with E-state index in [9.17, 15) is 9.18 Å². The SMILES string of the molecule is O=C(NCCc1c[nH]c2ccccc12)c1cncc(F)c1. The normalized spacial score (nSPS) is 10.7. The molecule has 0 saturated carbocycles. The Bertz CT molecular complexity index is 782. The lowest BCUT2D eigenvalue weighted by Gasteiger charge is -2.04. The molecule has 2 heterocycles. The van der Waals surface area contributed by atoms with Crippen LogP contribution in [-0.4, -0.2) is 22.4 Å². The Hall–Kier alpha value is -2.69. The van der Waals surface area contributed by atoms with E-state index < -0.39 is 5.82 Å². The Morgan fingerprint density at radius 1 is 1.29 bits per heavy atom. The maximum absolute atomic E-state index is 13.0. The van der Waals surface area contributed by atoms with Gasteiger partial charge in [0.1, 0.15) is 5.82 Å². The Morgan fingerprint density at radius 3 is 3.00 bits per heavy atom. The standard InChI is InChI=1S/C16H14FN3O/c17-13-7-12(8-18-10-13)16(21)19-6-5-11-9-20-15-4-2-1-3-14(11)15/h1-4,7-10,20H,5-6H2,(H,19,21). The van der Waals surface area contributed by atoms with Crippen LogP contribution < -0.4 is 5.32 Å². The Balaban J connectivity index is 1.62. The number of nitrogens with one attached hydrogen (secondary N) is 2. The van der Waals surface area contributed by atoms with E-state index in [-0.39, 0.29) is 11.5 Å². The zero-order chi connectivity index (χ0) is 14.7. The monoisotopic (exact) mass is 283 g/mol. The Labute approximate surface area is 121 Å². The van der Waals surface area contributed by atoms with Gasteiger partial charge in [-0.2, -0.15) is 0 Å². The van der Waals surface area contributed by atoms with Crippen LogP contribution in [0.25, 0.3) is 10.9 Å². The molecule has 3 aromatic rings. The zero-order valence-corrected chi connectivity index (χ0v) is 11.3. The van der Waals surface area contributed by atoms with Gasteiger partial charge in [0, 0.05) is 29.8 Å². The minimum absolute atomic E-state index is 0.230. The van der Waals surface area contributed by atoms with Crippen LogP contribution in [0.2, 0.25) is 0 Å². The van der Waals surface area contributed by atoms with Crippen molar-refractivity contribution in [1.82, 2.24) is 15.3 Å². The first-order valence-electron chi connectivity index (χ1n) is 6.68. The van der Waals surface area contributed by atoms with Crippen molar-refractivity contribution in [3.8, 4) is 0 Å². The number of benzene rings is 1. The van der Waals surface area contributed by atoms with E-state index >= 15 is 0 Å². The number of fused-ring (bicyclic) bond motifs is 1. The van der Waals surface area contributed by atoms with Crippen molar-refractivity contribution < 1.29 is 9.18 Å². The fraction of sp³-hybridized carbons (Fsp3) is 0.125. The summed E-state index contributed by atoms with van der Waals surface area (Å²) in [5.41, 5.74) is 2.45. The molecule has 1 aromatic carbocycles. The third-order valence-electron chi connectivity index (χ3n) is 3.32.